The molecule has 26 heavy (non-hydrogen) atoms. The van der Waals surface area contributed by atoms with E-state index in [9.17, 15) is 9.90 Å². The van der Waals surface area contributed by atoms with Crippen LogP contribution in [0, 0.1) is 13.8 Å². The SMILES string of the molecule is Cc1cc(C)n(CCCN(C)[C@H](C(=O)O)c2ccc3c(c2)OCCO3)n1. The molecule has 1 aromatic carbocycles. The normalized spacial score (nSPS) is 14.5. The highest BCUT2D eigenvalue weighted by molar-refractivity contribution is 5.76. The molecule has 1 aliphatic heterocycles. The maximum atomic E-state index is 11.9. The quantitative estimate of drug-likeness (QED) is 0.818. The molecule has 0 radical (unpaired) electrons. The number of ether oxygens (including phenoxy) is 2. The van der Waals surface area contributed by atoms with Gasteiger partial charge in [-0.15, -0.1) is 0 Å². The summed E-state index contributed by atoms with van der Waals surface area (Å²) in [6.45, 7) is 6.39. The second kappa shape index (κ2) is 7.78. The molecule has 140 valence electrons. The Balaban J connectivity index is 1.67. The number of benzene rings is 1. The monoisotopic (exact) mass is 359 g/mol. The van der Waals surface area contributed by atoms with E-state index in [1.807, 2.05) is 36.5 Å². The third-order valence-electron chi connectivity index (χ3n) is 4.54. The van der Waals surface area contributed by atoms with E-state index in [0.717, 1.165) is 24.4 Å². The average Bonchev–Trinajstić information content (AvgIpc) is 2.92. The Hall–Kier alpha value is -2.54. The summed E-state index contributed by atoms with van der Waals surface area (Å²) >= 11 is 0. The van der Waals surface area contributed by atoms with Crippen LogP contribution in [0.15, 0.2) is 24.3 Å². The molecule has 1 N–H and O–H groups in total. The molecule has 1 aliphatic rings. The summed E-state index contributed by atoms with van der Waals surface area (Å²) in [7, 11) is 1.83. The zero-order chi connectivity index (χ0) is 18.7. The second-order valence-electron chi connectivity index (χ2n) is 6.63. The lowest BCUT2D eigenvalue weighted by Gasteiger charge is -2.26. The summed E-state index contributed by atoms with van der Waals surface area (Å²) < 4.78 is 13.1. The number of rotatable bonds is 7. The van der Waals surface area contributed by atoms with Gasteiger partial charge in [0.25, 0.3) is 0 Å². The van der Waals surface area contributed by atoms with Crippen LogP contribution in [0.1, 0.15) is 29.4 Å². The number of aryl methyl sites for hydroxylation is 3. The van der Waals surface area contributed by atoms with Crippen molar-refractivity contribution in [2.75, 3.05) is 26.8 Å². The molecule has 1 aromatic heterocycles. The number of aromatic nitrogens is 2. The molecule has 0 saturated carbocycles. The van der Waals surface area contributed by atoms with Crippen LogP contribution in [0.2, 0.25) is 0 Å². The average molecular weight is 359 g/mol. The highest BCUT2D eigenvalue weighted by Gasteiger charge is 2.26. The summed E-state index contributed by atoms with van der Waals surface area (Å²) in [5.41, 5.74) is 2.80. The lowest BCUT2D eigenvalue weighted by Crippen LogP contribution is -2.32. The number of hydrogen-bond acceptors (Lipinski definition) is 5. The fourth-order valence-corrected chi connectivity index (χ4v) is 3.32. The maximum Gasteiger partial charge on any atom is 0.325 e. The van der Waals surface area contributed by atoms with Crippen molar-refractivity contribution in [2.45, 2.75) is 32.9 Å². The number of hydrogen-bond donors (Lipinski definition) is 1. The Morgan fingerprint density at radius 2 is 2.00 bits per heavy atom. The van der Waals surface area contributed by atoms with Gasteiger partial charge in [0, 0.05) is 18.8 Å². The Morgan fingerprint density at radius 3 is 2.65 bits per heavy atom. The molecule has 7 heteroatoms. The van der Waals surface area contributed by atoms with Gasteiger partial charge in [-0.25, -0.2) is 0 Å². The van der Waals surface area contributed by atoms with Crippen molar-refractivity contribution in [3.63, 3.8) is 0 Å². The van der Waals surface area contributed by atoms with Crippen molar-refractivity contribution >= 4 is 5.97 Å². The first-order valence-corrected chi connectivity index (χ1v) is 8.79. The van der Waals surface area contributed by atoms with E-state index in [0.29, 0.717) is 36.8 Å². The number of likely N-dealkylation sites (N-methyl/N-ethyl adjacent to an activating group) is 1. The summed E-state index contributed by atoms with van der Waals surface area (Å²) in [4.78, 5) is 13.7. The molecule has 0 unspecified atom stereocenters. The molecule has 2 aromatic rings. The fourth-order valence-electron chi connectivity index (χ4n) is 3.32. The van der Waals surface area contributed by atoms with Crippen LogP contribution in [-0.2, 0) is 11.3 Å². The number of aliphatic carboxylic acids is 1. The van der Waals surface area contributed by atoms with Crippen molar-refractivity contribution < 1.29 is 19.4 Å². The van der Waals surface area contributed by atoms with E-state index in [2.05, 4.69) is 5.10 Å². The smallest absolute Gasteiger partial charge is 0.325 e. The predicted molar refractivity (Wildman–Crippen MR) is 96.8 cm³/mol. The van der Waals surface area contributed by atoms with Gasteiger partial charge in [0.1, 0.15) is 19.3 Å². The molecular weight excluding hydrogens is 334 g/mol. The van der Waals surface area contributed by atoms with Crippen molar-refractivity contribution in [3.05, 3.63) is 41.2 Å². The third kappa shape index (κ3) is 3.99. The molecular formula is C19H25N3O4. The molecule has 3 rings (SSSR count). The minimum atomic E-state index is -0.879. The van der Waals surface area contributed by atoms with Gasteiger partial charge >= 0.3 is 5.97 Å². The second-order valence-corrected chi connectivity index (χ2v) is 6.63. The van der Waals surface area contributed by atoms with E-state index < -0.39 is 12.0 Å². The van der Waals surface area contributed by atoms with E-state index in [-0.39, 0.29) is 0 Å². The number of carboxylic acids is 1. The molecule has 0 amide bonds. The number of carbonyl (C=O) groups is 1. The number of fused-ring (bicyclic) bond motifs is 1. The summed E-state index contributed by atoms with van der Waals surface area (Å²) in [5.74, 6) is 0.391. The lowest BCUT2D eigenvalue weighted by molar-refractivity contribution is -0.143. The van der Waals surface area contributed by atoms with Crippen LogP contribution in [0.4, 0.5) is 0 Å². The van der Waals surface area contributed by atoms with E-state index in [1.54, 1.807) is 18.2 Å². The molecule has 7 nitrogen and oxygen atoms in total. The molecule has 0 fully saturated rings. The first-order chi connectivity index (χ1) is 12.5. The van der Waals surface area contributed by atoms with E-state index >= 15 is 0 Å². The molecule has 0 aliphatic carbocycles. The van der Waals surface area contributed by atoms with Gasteiger partial charge < -0.3 is 14.6 Å². The number of carboxylic acid groups (broad SMARTS) is 1. The van der Waals surface area contributed by atoms with Gasteiger partial charge in [-0.2, -0.15) is 5.10 Å². The van der Waals surface area contributed by atoms with E-state index in [1.165, 1.54) is 0 Å². The Morgan fingerprint density at radius 1 is 1.27 bits per heavy atom. The van der Waals surface area contributed by atoms with Crippen LogP contribution in [0.25, 0.3) is 0 Å². The largest absolute Gasteiger partial charge is 0.486 e. The van der Waals surface area contributed by atoms with E-state index in [4.69, 9.17) is 9.47 Å². The Bertz CT molecular complexity index is 787. The highest BCUT2D eigenvalue weighted by Crippen LogP contribution is 2.34. The zero-order valence-corrected chi connectivity index (χ0v) is 15.4. The van der Waals surface area contributed by atoms with Gasteiger partial charge in [-0.1, -0.05) is 6.07 Å². The van der Waals surface area contributed by atoms with Gasteiger partial charge in [0.2, 0.25) is 0 Å². The molecule has 0 bridgehead atoms. The van der Waals surface area contributed by atoms with Crippen molar-refractivity contribution in [1.29, 1.82) is 0 Å². The van der Waals surface area contributed by atoms with Crippen molar-refractivity contribution in [3.8, 4) is 11.5 Å². The van der Waals surface area contributed by atoms with Crippen LogP contribution in [0.3, 0.4) is 0 Å². The summed E-state index contributed by atoms with van der Waals surface area (Å²) in [6.07, 6.45) is 0.812. The minimum absolute atomic E-state index is 0.479. The molecule has 2 heterocycles. The first kappa shape index (κ1) is 18.3. The summed E-state index contributed by atoms with van der Waals surface area (Å²) in [5, 5.41) is 14.2. The van der Waals surface area contributed by atoms with Crippen LogP contribution >= 0.6 is 0 Å². The van der Waals surface area contributed by atoms with Gasteiger partial charge in [0.15, 0.2) is 11.5 Å². The molecule has 0 spiro atoms. The predicted octanol–water partition coefficient (Wildman–Crippen LogP) is 2.42. The maximum absolute atomic E-state index is 11.9. The van der Waals surface area contributed by atoms with Crippen molar-refractivity contribution in [1.82, 2.24) is 14.7 Å². The van der Waals surface area contributed by atoms with Crippen LogP contribution < -0.4 is 9.47 Å². The lowest BCUT2D eigenvalue weighted by atomic mass is 10.0. The molecule has 0 saturated heterocycles. The van der Waals surface area contributed by atoms with Gasteiger partial charge in [-0.05, 0) is 51.1 Å². The third-order valence-corrected chi connectivity index (χ3v) is 4.54. The topological polar surface area (TPSA) is 76.8 Å². The Labute approximate surface area is 153 Å². The fraction of sp³-hybridized carbons (Fsp3) is 0.474. The standard InChI is InChI=1S/C19H25N3O4/c1-13-11-14(2)22(20-13)8-4-7-21(3)18(19(23)24)15-5-6-16-17(12-15)26-10-9-25-16/h5-6,11-12,18H,4,7-10H2,1-3H3,(H,23,24)/t18-/m0/s1. The van der Waals surface area contributed by atoms with Gasteiger partial charge in [-0.3, -0.25) is 14.4 Å². The first-order valence-electron chi connectivity index (χ1n) is 8.79. The van der Waals surface area contributed by atoms with Gasteiger partial charge in [0.05, 0.1) is 5.69 Å². The minimum Gasteiger partial charge on any atom is -0.486 e. The van der Waals surface area contributed by atoms with Crippen molar-refractivity contribution in [2.24, 2.45) is 0 Å². The molecule has 1 atom stereocenters. The number of nitrogens with zero attached hydrogens (tertiary/aromatic N) is 3. The van der Waals surface area contributed by atoms with Crippen LogP contribution in [0.5, 0.6) is 11.5 Å². The summed E-state index contributed by atoms with van der Waals surface area (Å²) in [6, 6.07) is 6.66. The Kier molecular flexibility index (Phi) is 5.46. The highest BCUT2D eigenvalue weighted by atomic mass is 16.6. The zero-order valence-electron chi connectivity index (χ0n) is 15.4. The van der Waals surface area contributed by atoms with Crippen LogP contribution in [-0.4, -0.2) is 52.6 Å².